The van der Waals surface area contributed by atoms with Gasteiger partial charge >= 0.3 is 47.8 Å². The van der Waals surface area contributed by atoms with Crippen LogP contribution in [0.2, 0.25) is 0 Å². The number of carbonyl (C=O) groups excluding carboxylic acids is 4. The van der Waals surface area contributed by atoms with Gasteiger partial charge in [0.15, 0.2) is 0 Å². The topological polar surface area (TPSA) is 496 Å². The molecule has 8 N–H and O–H groups in total. The van der Waals surface area contributed by atoms with Gasteiger partial charge < -0.3 is 126 Å². The van der Waals surface area contributed by atoms with Crippen molar-refractivity contribution in [2.45, 2.75) is 394 Å². The Morgan fingerprint density at radius 3 is 0.578 bits per heavy atom. The van der Waals surface area contributed by atoms with Crippen LogP contribution < -0.4 is 0 Å². The van der Waals surface area contributed by atoms with Crippen molar-refractivity contribution < 1.29 is 165 Å². The first kappa shape index (κ1) is 375. The lowest BCUT2D eigenvalue weighted by Gasteiger charge is -2.33. The van der Waals surface area contributed by atoms with Gasteiger partial charge in [0.25, 0.3) is 0 Å². The second kappa shape index (κ2) is 286. The zero-order valence-electron chi connectivity index (χ0n) is 44.3. The third kappa shape index (κ3) is 272. The van der Waals surface area contributed by atoms with Crippen LogP contribution in [-0.4, -0.2) is 299 Å². The molecule has 6 unspecified atom stereocenters. The number of ether oxygens (including phenoxy) is 14. The van der Waals surface area contributed by atoms with Crippen LogP contribution in [0.5, 0.6) is 0 Å². The average Bonchev–Trinajstić information content (AvgIpc) is 3.41. The molecule has 128 heavy (non-hydrogen) atoms. The molecule has 0 rings (SSSR count). The maximum atomic E-state index is 11.3. The van der Waals surface area contributed by atoms with Crippen LogP contribution in [-0.2, 0) is 124 Å². The highest BCUT2D eigenvalue weighted by atomic mass is 16.6. The Bertz CT molecular complexity index is 1590. The molecule has 0 aromatic heterocycles. The summed E-state index contributed by atoms with van der Waals surface area (Å²) in [6.07, 6.45) is -2.38. The molecule has 0 fully saturated rings. The van der Waals surface area contributed by atoms with Gasteiger partial charge in [0, 0.05) is 25.7 Å². The molecular weight excluding hydrogens is 1670 g/mol. The number of carbonyl (C=O) groups is 12. The van der Waals surface area contributed by atoms with Crippen LogP contribution in [0.15, 0.2) is 0 Å². The van der Waals surface area contributed by atoms with E-state index in [1.165, 1.54) is 0 Å². The van der Waals surface area contributed by atoms with Crippen LogP contribution in [0.25, 0.3) is 0 Å². The molecule has 0 bridgehead atoms. The van der Waals surface area contributed by atoms with Gasteiger partial charge in [-0.05, 0) is 31.1 Å². The number of carboxylic acids is 8. The van der Waals surface area contributed by atoms with Crippen LogP contribution in [0.1, 0.15) is 376 Å². The highest BCUT2D eigenvalue weighted by Crippen LogP contribution is 2.27. The summed E-state index contributed by atoms with van der Waals surface area (Å²) < 4.78 is 77.4. The molecule has 6 atom stereocenters. The van der Waals surface area contributed by atoms with Crippen LogP contribution >= 0.6 is 0 Å². The minimum Gasteiger partial charge on any atom is -0.480 e. The molecule has 0 aliphatic heterocycles. The summed E-state index contributed by atoms with van der Waals surface area (Å²) in [5.74, 6) is -12.1. The molecular formula is C94H270O34. The summed E-state index contributed by atoms with van der Waals surface area (Å²) in [4.78, 5) is 121. The molecule has 0 aliphatic carbocycles. The van der Waals surface area contributed by atoms with E-state index in [-0.39, 0.29) is 475 Å². The lowest BCUT2D eigenvalue weighted by atomic mass is 9.81. The highest BCUT2D eigenvalue weighted by Gasteiger charge is 2.34. The van der Waals surface area contributed by atoms with Crippen molar-refractivity contribution in [3.05, 3.63) is 0 Å². The van der Waals surface area contributed by atoms with E-state index in [4.69, 9.17) is 116 Å². The number of rotatable bonds is 55. The quantitative estimate of drug-likeness (QED) is 0.0262. The van der Waals surface area contributed by atoms with Gasteiger partial charge in [-0.3, -0.25) is 0 Å². The van der Waals surface area contributed by atoms with Gasteiger partial charge in [0.05, 0.1) is 92.5 Å². The van der Waals surface area contributed by atoms with E-state index < -0.39 is 137 Å². The number of unbranched alkanes of at least 4 members (excludes halogenated alkanes) is 1. The first-order chi connectivity index (χ1) is 38.4. The standard InChI is InChI=1S/C42H70O30.4CH2O.48CH4/c43-34(44)21-61-6-3-29(15-67-26-39(53)54)31(18-69-28-41(57)58)30(17-68-27-40(55)56)16-59-4-1-2-5-60-19-32(70-12-9-64-23-36(47)48)42(72-14-11-66-25-38(51)52)33(71-13-10-65-24-37(49)50)20-62-7-8-63-22-35(45)46;4*1-2;;;;;;;;;;;;;;;;;;;;;;;;;;;;;;;;;;;;;;;;;;;;;;;;/h29-33,42H,1-28H2,(H,43,44)(H,45,46)(H,47,48)(H,49,50)(H,51,52)(H,53,54)(H,55,56)(H,57,58);4*1H2;48*1H4. The molecule has 0 spiro atoms. The second-order valence-electron chi connectivity index (χ2n) is 15.0. The largest absolute Gasteiger partial charge is 0.480 e. The smallest absolute Gasteiger partial charge is 0.329 e. The molecule has 34 nitrogen and oxygen atoms in total. The second-order valence-corrected chi connectivity index (χ2v) is 15.0. The Labute approximate surface area is 813 Å². The lowest BCUT2D eigenvalue weighted by molar-refractivity contribution is -0.181. The Balaban J connectivity index is -0.0000000191. The maximum absolute atomic E-state index is 11.3. The van der Waals surface area contributed by atoms with Crippen LogP contribution in [0.3, 0.4) is 0 Å². The molecule has 0 amide bonds. The zero-order valence-corrected chi connectivity index (χ0v) is 44.3. The molecule has 0 radical (unpaired) electrons. The maximum Gasteiger partial charge on any atom is 0.329 e. The molecule has 0 saturated carbocycles. The van der Waals surface area contributed by atoms with Gasteiger partial charge in [0.2, 0.25) is 0 Å². The monoisotopic (exact) mass is 1940 g/mol. The lowest BCUT2D eigenvalue weighted by Crippen LogP contribution is -2.48. The Morgan fingerprint density at radius 2 is 0.344 bits per heavy atom. The first-order valence-electron chi connectivity index (χ1n) is 23.5. The number of hydrogen-bond donors (Lipinski definition) is 8. The Morgan fingerprint density at radius 1 is 0.180 bits per heavy atom. The van der Waals surface area contributed by atoms with Crippen molar-refractivity contribution in [3.8, 4) is 0 Å². The van der Waals surface area contributed by atoms with E-state index in [1.807, 2.05) is 27.2 Å². The minimum absolute atomic E-state index is 0. The van der Waals surface area contributed by atoms with Crippen molar-refractivity contribution >= 4 is 74.9 Å². The fourth-order valence-corrected chi connectivity index (χ4v) is 6.13. The Hall–Kier alpha value is -6.12. The van der Waals surface area contributed by atoms with E-state index in [1.54, 1.807) is 0 Å². The van der Waals surface area contributed by atoms with E-state index >= 15 is 0 Å². The van der Waals surface area contributed by atoms with Crippen molar-refractivity contribution in [1.82, 2.24) is 0 Å². The van der Waals surface area contributed by atoms with E-state index in [2.05, 4.69) is 0 Å². The van der Waals surface area contributed by atoms with Crippen molar-refractivity contribution in [2.24, 2.45) is 17.8 Å². The summed E-state index contributed by atoms with van der Waals surface area (Å²) >= 11 is 0. The third-order valence-electron chi connectivity index (χ3n) is 9.11. The summed E-state index contributed by atoms with van der Waals surface area (Å²) in [6.45, 7) is 0.153. The van der Waals surface area contributed by atoms with Crippen LogP contribution in [0.4, 0.5) is 0 Å². The molecule has 0 aromatic carbocycles. The first-order valence-corrected chi connectivity index (χ1v) is 23.5. The number of carboxylic acid groups (broad SMARTS) is 8. The predicted octanol–water partition coefficient (Wildman–Crippen LogP) is 27.8. The Kier molecular flexibility index (Phi) is 840. The van der Waals surface area contributed by atoms with E-state index in [0.29, 0.717) is 12.8 Å². The predicted molar refractivity (Wildman–Crippen MR) is 585 cm³/mol. The normalized spacial score (nSPS) is 7.97. The van der Waals surface area contributed by atoms with Gasteiger partial charge in [0.1, 0.15) is 98.3 Å². The van der Waals surface area contributed by atoms with Gasteiger partial charge in [-0.2, -0.15) is 0 Å². The molecule has 850 valence electrons. The summed E-state index contributed by atoms with van der Waals surface area (Å²) in [7, 11) is 0. The number of aliphatic carboxylic acids is 8. The minimum atomic E-state index is -1.29. The SMILES string of the molecule is C.C.C.C.C.C.C.C.C.C.C.C.C.C.C.C.C.C.C.C.C.C.C.C.C.C.C.C.C.C.C.C.C.C.C.C.C.C.C.C.C.C.C.C.C.C.C.C.C=O.C=O.C=O.C=O.O=C(O)COCCOCC(OCCOCC(=O)O)C(OCCOCC(=O)O)C(COCCCCOCC(COCC(=O)O)C(COCC(=O)O)C(CCOCC(=O)O)COCC(=O)O)OCCOCC(=O)O. The highest BCUT2D eigenvalue weighted by molar-refractivity contribution is 5.70. The van der Waals surface area contributed by atoms with E-state index in [0.717, 1.165) is 0 Å². The molecule has 0 saturated heterocycles. The third-order valence-corrected chi connectivity index (χ3v) is 9.11. The van der Waals surface area contributed by atoms with Crippen LogP contribution in [0, 0.1) is 17.8 Å². The summed E-state index contributed by atoms with van der Waals surface area (Å²) in [6, 6.07) is 0. The fourth-order valence-electron chi connectivity index (χ4n) is 6.13. The molecule has 0 heterocycles. The molecule has 0 aromatic rings. The van der Waals surface area contributed by atoms with Crippen molar-refractivity contribution in [3.63, 3.8) is 0 Å². The van der Waals surface area contributed by atoms with Gasteiger partial charge in [-0.1, -0.05) is 356 Å². The van der Waals surface area contributed by atoms with Crippen molar-refractivity contribution in [1.29, 1.82) is 0 Å². The van der Waals surface area contributed by atoms with Crippen molar-refractivity contribution in [2.75, 3.05) is 165 Å². The number of hydrogen-bond acceptors (Lipinski definition) is 26. The van der Waals surface area contributed by atoms with Gasteiger partial charge in [-0.15, -0.1) is 0 Å². The van der Waals surface area contributed by atoms with Gasteiger partial charge in [-0.25, -0.2) is 38.4 Å². The zero-order chi connectivity index (χ0) is 61.8. The summed E-state index contributed by atoms with van der Waals surface area (Å²) in [5, 5.41) is 72.4. The fraction of sp³-hybridized carbons (Fsp3) is 0.872. The molecule has 0 aliphatic rings. The summed E-state index contributed by atoms with van der Waals surface area (Å²) in [5.41, 5.74) is 0. The average molecular weight is 1950 g/mol. The van der Waals surface area contributed by atoms with E-state index in [9.17, 15) is 48.6 Å². The molecule has 34 heteroatoms.